The van der Waals surface area contributed by atoms with Crippen molar-refractivity contribution >= 4 is 17.8 Å². The minimum atomic E-state index is -1.10. The molecule has 0 spiro atoms. The van der Waals surface area contributed by atoms with Crippen LogP contribution in [-0.4, -0.2) is 41.6 Å². The van der Waals surface area contributed by atoms with Gasteiger partial charge in [0.2, 0.25) is 5.91 Å². The van der Waals surface area contributed by atoms with E-state index < -0.39 is 35.8 Å². The summed E-state index contributed by atoms with van der Waals surface area (Å²) in [7, 11) is 1.31. The molecular formula is C19H26N2O5. The van der Waals surface area contributed by atoms with Crippen LogP contribution in [0.1, 0.15) is 44.1 Å². The number of rotatable bonds is 8. The van der Waals surface area contributed by atoms with Crippen molar-refractivity contribution < 1.29 is 24.2 Å². The predicted molar refractivity (Wildman–Crippen MR) is 95.3 cm³/mol. The van der Waals surface area contributed by atoms with Crippen molar-refractivity contribution in [3.8, 4) is 0 Å². The molecule has 3 N–H and O–H groups in total. The third kappa shape index (κ3) is 5.29. The van der Waals surface area contributed by atoms with Crippen molar-refractivity contribution in [2.45, 2.75) is 56.7 Å². The van der Waals surface area contributed by atoms with Gasteiger partial charge >= 0.3 is 11.9 Å². The number of esters is 1. The van der Waals surface area contributed by atoms with E-state index >= 15 is 0 Å². The molecule has 1 saturated carbocycles. The average Bonchev–Trinajstić information content (AvgIpc) is 2.66. The Morgan fingerprint density at radius 3 is 2.38 bits per heavy atom. The van der Waals surface area contributed by atoms with Gasteiger partial charge in [-0.2, -0.15) is 0 Å². The summed E-state index contributed by atoms with van der Waals surface area (Å²) >= 11 is 0. The molecule has 1 atom stereocenters. The summed E-state index contributed by atoms with van der Waals surface area (Å²) in [5.74, 6) is -1.98. The van der Waals surface area contributed by atoms with Gasteiger partial charge in [-0.25, -0.2) is 0 Å². The molecule has 0 radical (unpaired) electrons. The minimum absolute atomic E-state index is 0.294. The number of nitrogens with one attached hydrogen (secondary N) is 2. The number of ether oxygens (including phenoxy) is 1. The Labute approximate surface area is 153 Å². The van der Waals surface area contributed by atoms with Gasteiger partial charge < -0.3 is 15.2 Å². The van der Waals surface area contributed by atoms with E-state index in [1.807, 2.05) is 30.3 Å². The molecule has 7 heteroatoms. The quantitative estimate of drug-likeness (QED) is 0.607. The fourth-order valence-corrected chi connectivity index (χ4v) is 3.38. The molecule has 0 saturated heterocycles. The van der Waals surface area contributed by atoms with Crippen molar-refractivity contribution in [2.24, 2.45) is 0 Å². The van der Waals surface area contributed by atoms with Gasteiger partial charge in [0.25, 0.3) is 0 Å². The van der Waals surface area contributed by atoms with Crippen molar-refractivity contribution in [3.05, 3.63) is 35.9 Å². The van der Waals surface area contributed by atoms with Gasteiger partial charge in [0.05, 0.1) is 19.6 Å². The van der Waals surface area contributed by atoms with Crippen LogP contribution in [0.4, 0.5) is 0 Å². The van der Waals surface area contributed by atoms with E-state index in [4.69, 9.17) is 4.74 Å². The molecule has 1 aromatic rings. The van der Waals surface area contributed by atoms with E-state index in [9.17, 15) is 19.5 Å². The Bertz CT molecular complexity index is 626. The summed E-state index contributed by atoms with van der Waals surface area (Å²) in [6, 6.07) is 8.34. The SMILES string of the molecule is COC(=O)C1(N[C@@H](CC(=O)O)C(=O)NCc2ccccc2)CCCCC1. The molecule has 1 aliphatic carbocycles. The zero-order chi connectivity index (χ0) is 19.0. The third-order valence-corrected chi connectivity index (χ3v) is 4.74. The highest BCUT2D eigenvalue weighted by molar-refractivity contribution is 5.88. The van der Waals surface area contributed by atoms with Crippen LogP contribution in [0.3, 0.4) is 0 Å². The second-order valence-electron chi connectivity index (χ2n) is 6.63. The number of aliphatic carboxylic acids is 1. The first kappa shape index (κ1) is 19.9. The molecular weight excluding hydrogens is 336 g/mol. The molecule has 1 aromatic carbocycles. The highest BCUT2D eigenvalue weighted by Gasteiger charge is 2.43. The molecule has 0 aromatic heterocycles. The number of carbonyl (C=O) groups excluding carboxylic acids is 2. The van der Waals surface area contributed by atoms with E-state index in [-0.39, 0.29) is 0 Å². The summed E-state index contributed by atoms with van der Waals surface area (Å²) in [5.41, 5.74) is -0.0905. The monoisotopic (exact) mass is 362 g/mol. The second-order valence-corrected chi connectivity index (χ2v) is 6.63. The van der Waals surface area contributed by atoms with Gasteiger partial charge in [-0.1, -0.05) is 49.6 Å². The van der Waals surface area contributed by atoms with Gasteiger partial charge in [0.1, 0.15) is 5.54 Å². The largest absolute Gasteiger partial charge is 0.481 e. The topological polar surface area (TPSA) is 105 Å². The van der Waals surface area contributed by atoms with Gasteiger partial charge in [0.15, 0.2) is 0 Å². The lowest BCUT2D eigenvalue weighted by molar-refractivity contribution is -0.152. The Balaban J connectivity index is 2.10. The van der Waals surface area contributed by atoms with E-state index in [0.717, 1.165) is 24.8 Å². The molecule has 2 rings (SSSR count). The molecule has 1 amide bonds. The smallest absolute Gasteiger partial charge is 0.326 e. The zero-order valence-electron chi connectivity index (χ0n) is 15.0. The molecule has 142 valence electrons. The predicted octanol–water partition coefficient (Wildman–Crippen LogP) is 1.61. The van der Waals surface area contributed by atoms with Gasteiger partial charge in [-0.15, -0.1) is 0 Å². The molecule has 1 aliphatic rings. The lowest BCUT2D eigenvalue weighted by Crippen LogP contribution is -2.61. The fourth-order valence-electron chi connectivity index (χ4n) is 3.38. The van der Waals surface area contributed by atoms with E-state index in [0.29, 0.717) is 19.4 Å². The summed E-state index contributed by atoms with van der Waals surface area (Å²) in [6.45, 7) is 0.294. The number of carboxylic acids is 1. The normalized spacial score (nSPS) is 17.1. The van der Waals surface area contributed by atoms with Crippen molar-refractivity contribution in [3.63, 3.8) is 0 Å². The van der Waals surface area contributed by atoms with Crippen LogP contribution in [0.15, 0.2) is 30.3 Å². The first-order valence-corrected chi connectivity index (χ1v) is 8.86. The number of carboxylic acid groups (broad SMARTS) is 1. The Kier molecular flexibility index (Phi) is 7.15. The standard InChI is InChI=1S/C19H26N2O5/c1-26-18(25)19(10-6-3-7-11-19)21-15(12-16(22)23)17(24)20-13-14-8-4-2-5-9-14/h2,4-5,8-9,15,21H,3,6-7,10-13H2,1H3,(H,20,24)(H,22,23)/t15-/m0/s1. The number of hydrogen-bond donors (Lipinski definition) is 3. The zero-order valence-corrected chi connectivity index (χ0v) is 15.0. The fraction of sp³-hybridized carbons (Fsp3) is 0.526. The van der Waals surface area contributed by atoms with Crippen molar-refractivity contribution in [2.75, 3.05) is 7.11 Å². The van der Waals surface area contributed by atoms with Gasteiger partial charge in [-0.3, -0.25) is 19.7 Å². The number of benzene rings is 1. The van der Waals surface area contributed by atoms with Crippen LogP contribution in [0.25, 0.3) is 0 Å². The van der Waals surface area contributed by atoms with E-state index in [1.54, 1.807) is 0 Å². The first-order chi connectivity index (χ1) is 12.5. The van der Waals surface area contributed by atoms with E-state index in [1.165, 1.54) is 7.11 Å². The Morgan fingerprint density at radius 1 is 1.15 bits per heavy atom. The maximum Gasteiger partial charge on any atom is 0.326 e. The Morgan fingerprint density at radius 2 is 1.81 bits per heavy atom. The maximum absolute atomic E-state index is 12.6. The number of methoxy groups -OCH3 is 1. The number of carbonyl (C=O) groups is 3. The number of hydrogen-bond acceptors (Lipinski definition) is 5. The second kappa shape index (κ2) is 9.33. The van der Waals surface area contributed by atoms with Crippen LogP contribution in [0.5, 0.6) is 0 Å². The van der Waals surface area contributed by atoms with Gasteiger partial charge in [0, 0.05) is 6.54 Å². The number of amides is 1. The van der Waals surface area contributed by atoms with Crippen LogP contribution >= 0.6 is 0 Å². The lowest BCUT2D eigenvalue weighted by Gasteiger charge is -2.37. The average molecular weight is 362 g/mol. The highest BCUT2D eigenvalue weighted by Crippen LogP contribution is 2.30. The lowest BCUT2D eigenvalue weighted by atomic mass is 9.80. The van der Waals surface area contributed by atoms with Crippen LogP contribution < -0.4 is 10.6 Å². The summed E-state index contributed by atoms with van der Waals surface area (Å²) in [4.78, 5) is 36.2. The summed E-state index contributed by atoms with van der Waals surface area (Å²) < 4.78 is 4.93. The molecule has 0 aliphatic heterocycles. The minimum Gasteiger partial charge on any atom is -0.481 e. The summed E-state index contributed by atoms with van der Waals surface area (Å²) in [5, 5.41) is 15.0. The third-order valence-electron chi connectivity index (χ3n) is 4.74. The van der Waals surface area contributed by atoms with Crippen LogP contribution in [0.2, 0.25) is 0 Å². The first-order valence-electron chi connectivity index (χ1n) is 8.86. The van der Waals surface area contributed by atoms with Crippen molar-refractivity contribution in [1.29, 1.82) is 0 Å². The highest BCUT2D eigenvalue weighted by atomic mass is 16.5. The maximum atomic E-state index is 12.6. The Hall–Kier alpha value is -2.41. The molecule has 1 fully saturated rings. The molecule has 0 unspecified atom stereocenters. The molecule has 7 nitrogen and oxygen atoms in total. The summed E-state index contributed by atoms with van der Waals surface area (Å²) in [6.07, 6.45) is 3.31. The van der Waals surface area contributed by atoms with E-state index in [2.05, 4.69) is 10.6 Å². The molecule has 26 heavy (non-hydrogen) atoms. The molecule has 0 bridgehead atoms. The van der Waals surface area contributed by atoms with Crippen LogP contribution in [0, 0.1) is 0 Å². The van der Waals surface area contributed by atoms with Gasteiger partial charge in [-0.05, 0) is 18.4 Å². The van der Waals surface area contributed by atoms with Crippen molar-refractivity contribution in [1.82, 2.24) is 10.6 Å². The molecule has 0 heterocycles. The van der Waals surface area contributed by atoms with Crippen LogP contribution in [-0.2, 0) is 25.7 Å².